The highest BCUT2D eigenvalue weighted by Crippen LogP contribution is 2.37. The molecule has 1 aliphatic heterocycles. The molecule has 0 unspecified atom stereocenters. The van der Waals surface area contributed by atoms with Crippen molar-refractivity contribution in [2.24, 2.45) is 0 Å². The number of carboxylic acids is 1. The Morgan fingerprint density at radius 3 is 2.82 bits per heavy atom. The van der Waals surface area contributed by atoms with Gasteiger partial charge in [0.15, 0.2) is 0 Å². The van der Waals surface area contributed by atoms with E-state index in [-0.39, 0.29) is 12.3 Å². The van der Waals surface area contributed by atoms with Crippen molar-refractivity contribution in [2.75, 3.05) is 19.1 Å². The second kappa shape index (κ2) is 4.08. The second-order valence-electron chi connectivity index (χ2n) is 3.97. The van der Waals surface area contributed by atoms with E-state index in [1.54, 1.807) is 25.2 Å². The molecule has 5 nitrogen and oxygen atoms in total. The second-order valence-corrected chi connectivity index (χ2v) is 3.97. The van der Waals surface area contributed by atoms with Gasteiger partial charge in [0, 0.05) is 19.2 Å². The average Bonchev–Trinajstić information content (AvgIpc) is 2.32. The summed E-state index contributed by atoms with van der Waals surface area (Å²) in [5.41, 5.74) is 1.26. The highest BCUT2D eigenvalue weighted by molar-refractivity contribution is 6.01. The smallest absolute Gasteiger partial charge is 0.311 e. The summed E-state index contributed by atoms with van der Waals surface area (Å²) in [6.07, 6.45) is -0.00794. The van der Waals surface area contributed by atoms with Crippen LogP contribution < -0.4 is 9.64 Å². The molecule has 1 heterocycles. The van der Waals surface area contributed by atoms with Gasteiger partial charge in [-0.3, -0.25) is 9.59 Å². The maximum absolute atomic E-state index is 11.7. The van der Waals surface area contributed by atoms with Gasteiger partial charge in [0.25, 0.3) is 0 Å². The normalized spacial score (nSPS) is 18.8. The van der Waals surface area contributed by atoms with Crippen LogP contribution in [0.2, 0.25) is 0 Å². The lowest BCUT2D eigenvalue weighted by atomic mass is 9.89. The first kappa shape index (κ1) is 11.4. The van der Waals surface area contributed by atoms with Crippen LogP contribution in [0.25, 0.3) is 0 Å². The van der Waals surface area contributed by atoms with E-state index in [9.17, 15) is 9.59 Å². The van der Waals surface area contributed by atoms with E-state index < -0.39 is 11.9 Å². The van der Waals surface area contributed by atoms with Crippen LogP contribution in [0, 0.1) is 0 Å². The van der Waals surface area contributed by atoms with Gasteiger partial charge in [-0.2, -0.15) is 0 Å². The Bertz CT molecular complexity index is 483. The lowest BCUT2D eigenvalue weighted by Gasteiger charge is -2.29. The number of ether oxygens (including phenoxy) is 1. The molecule has 1 aromatic carbocycles. The molecule has 90 valence electrons. The number of fused-ring (bicyclic) bond motifs is 1. The molecule has 0 radical (unpaired) electrons. The zero-order chi connectivity index (χ0) is 12.6. The lowest BCUT2D eigenvalue weighted by molar-refractivity contribution is -0.140. The first-order valence-corrected chi connectivity index (χ1v) is 5.22. The molecule has 1 aliphatic rings. The molecule has 0 spiro atoms. The minimum Gasteiger partial charge on any atom is -0.497 e. The van der Waals surface area contributed by atoms with Crippen molar-refractivity contribution in [1.82, 2.24) is 0 Å². The van der Waals surface area contributed by atoms with E-state index in [2.05, 4.69) is 0 Å². The van der Waals surface area contributed by atoms with Crippen LogP contribution >= 0.6 is 0 Å². The largest absolute Gasteiger partial charge is 0.497 e. The summed E-state index contributed by atoms with van der Waals surface area (Å²) in [7, 11) is 3.17. The van der Waals surface area contributed by atoms with E-state index in [4.69, 9.17) is 9.84 Å². The third-order valence-electron chi connectivity index (χ3n) is 3.02. The van der Waals surface area contributed by atoms with Crippen molar-refractivity contribution in [2.45, 2.75) is 12.3 Å². The summed E-state index contributed by atoms with van der Waals surface area (Å²) in [4.78, 5) is 24.3. The van der Waals surface area contributed by atoms with E-state index in [0.717, 1.165) is 0 Å². The Morgan fingerprint density at radius 2 is 2.24 bits per heavy atom. The van der Waals surface area contributed by atoms with Gasteiger partial charge in [0.05, 0.1) is 13.0 Å². The maximum Gasteiger partial charge on any atom is 0.311 e. The summed E-state index contributed by atoms with van der Waals surface area (Å²) in [6, 6.07) is 5.10. The third kappa shape index (κ3) is 1.84. The fourth-order valence-electron chi connectivity index (χ4n) is 2.02. The van der Waals surface area contributed by atoms with Gasteiger partial charge in [0.2, 0.25) is 5.91 Å². The predicted molar refractivity (Wildman–Crippen MR) is 61.4 cm³/mol. The van der Waals surface area contributed by atoms with E-state index >= 15 is 0 Å². The number of nitrogens with zero attached hydrogens (tertiary/aromatic N) is 1. The molecule has 1 aromatic rings. The number of carboxylic acid groups (broad SMARTS) is 1. The quantitative estimate of drug-likeness (QED) is 0.837. The predicted octanol–water partition coefficient (Wildman–Crippen LogP) is 1.23. The van der Waals surface area contributed by atoms with Crippen LogP contribution in [0.1, 0.15) is 17.9 Å². The Kier molecular flexibility index (Phi) is 2.75. The first-order valence-electron chi connectivity index (χ1n) is 5.22. The Labute approximate surface area is 98.6 Å². The van der Waals surface area contributed by atoms with E-state index in [1.807, 2.05) is 0 Å². The van der Waals surface area contributed by atoms with Crippen molar-refractivity contribution in [1.29, 1.82) is 0 Å². The Hall–Kier alpha value is -2.04. The number of rotatable bonds is 2. The minimum atomic E-state index is -0.985. The van der Waals surface area contributed by atoms with Crippen LogP contribution in [-0.4, -0.2) is 31.1 Å². The summed E-state index contributed by atoms with van der Waals surface area (Å²) >= 11 is 0. The number of amides is 1. The summed E-state index contributed by atoms with van der Waals surface area (Å²) in [5, 5.41) is 9.14. The molecule has 0 saturated carbocycles. The number of aliphatic carboxylic acids is 1. The van der Waals surface area contributed by atoms with Gasteiger partial charge in [-0.25, -0.2) is 0 Å². The van der Waals surface area contributed by atoms with Crippen molar-refractivity contribution in [3.05, 3.63) is 23.8 Å². The number of anilines is 1. The molecule has 1 amide bonds. The van der Waals surface area contributed by atoms with E-state index in [1.165, 1.54) is 12.0 Å². The van der Waals surface area contributed by atoms with Crippen molar-refractivity contribution < 1.29 is 19.4 Å². The number of methoxy groups -OCH3 is 1. The number of carbonyl (C=O) groups is 2. The number of hydrogen-bond acceptors (Lipinski definition) is 3. The maximum atomic E-state index is 11.7. The molecule has 0 bridgehead atoms. The molecule has 0 aromatic heterocycles. The highest BCUT2D eigenvalue weighted by Gasteiger charge is 2.33. The SMILES string of the molecule is COc1ccc2c(c1)[C@@H](C(=O)O)CC(=O)N2C. The molecule has 0 aliphatic carbocycles. The van der Waals surface area contributed by atoms with Gasteiger partial charge in [-0.1, -0.05) is 0 Å². The lowest BCUT2D eigenvalue weighted by Crippen LogP contribution is -2.35. The third-order valence-corrected chi connectivity index (χ3v) is 3.02. The van der Waals surface area contributed by atoms with Gasteiger partial charge in [-0.05, 0) is 23.8 Å². The summed E-state index contributed by atoms with van der Waals surface area (Å²) in [6.45, 7) is 0. The first-order chi connectivity index (χ1) is 8.04. The zero-order valence-electron chi connectivity index (χ0n) is 9.64. The molecule has 1 atom stereocenters. The van der Waals surface area contributed by atoms with Gasteiger partial charge in [-0.15, -0.1) is 0 Å². The summed E-state index contributed by atoms with van der Waals surface area (Å²) < 4.78 is 5.07. The fraction of sp³-hybridized carbons (Fsp3) is 0.333. The number of hydrogen-bond donors (Lipinski definition) is 1. The molecule has 0 fully saturated rings. The van der Waals surface area contributed by atoms with Crippen molar-refractivity contribution in [3.63, 3.8) is 0 Å². The zero-order valence-corrected chi connectivity index (χ0v) is 9.64. The number of carbonyl (C=O) groups excluding carboxylic acids is 1. The van der Waals surface area contributed by atoms with Crippen LogP contribution in [0.3, 0.4) is 0 Å². The summed E-state index contributed by atoms with van der Waals surface area (Å²) in [5.74, 6) is -1.36. The standard InChI is InChI=1S/C12H13NO4/c1-13-10-4-3-7(17-2)5-8(10)9(12(15)16)6-11(13)14/h3-5,9H,6H2,1-2H3,(H,15,16)/t9-/m0/s1. The van der Waals surface area contributed by atoms with Gasteiger partial charge >= 0.3 is 5.97 Å². The molecule has 2 rings (SSSR count). The molecule has 0 saturated heterocycles. The van der Waals surface area contributed by atoms with Crippen LogP contribution in [0.15, 0.2) is 18.2 Å². The fourth-order valence-corrected chi connectivity index (χ4v) is 2.02. The minimum absolute atomic E-state index is 0.00794. The van der Waals surface area contributed by atoms with Crippen LogP contribution in [0.5, 0.6) is 5.75 Å². The molecule has 5 heteroatoms. The molecule has 1 N–H and O–H groups in total. The van der Waals surface area contributed by atoms with Crippen LogP contribution in [-0.2, 0) is 9.59 Å². The monoisotopic (exact) mass is 235 g/mol. The Balaban J connectivity index is 2.56. The average molecular weight is 235 g/mol. The Morgan fingerprint density at radius 1 is 1.53 bits per heavy atom. The molecular formula is C12H13NO4. The van der Waals surface area contributed by atoms with Gasteiger partial charge < -0.3 is 14.7 Å². The van der Waals surface area contributed by atoms with Crippen molar-refractivity contribution in [3.8, 4) is 5.75 Å². The molecular weight excluding hydrogens is 222 g/mol. The number of benzene rings is 1. The topological polar surface area (TPSA) is 66.8 Å². The van der Waals surface area contributed by atoms with E-state index in [0.29, 0.717) is 17.0 Å². The van der Waals surface area contributed by atoms with Crippen molar-refractivity contribution >= 4 is 17.6 Å². The van der Waals surface area contributed by atoms with Crippen LogP contribution in [0.4, 0.5) is 5.69 Å². The molecule has 17 heavy (non-hydrogen) atoms. The highest BCUT2D eigenvalue weighted by atomic mass is 16.5. The van der Waals surface area contributed by atoms with Gasteiger partial charge in [0.1, 0.15) is 5.75 Å².